The van der Waals surface area contributed by atoms with Crippen LogP contribution in [0.4, 0.5) is 13.2 Å². The number of nitrogens with one attached hydrogen (secondary N) is 1. The summed E-state index contributed by atoms with van der Waals surface area (Å²) in [5, 5.41) is 7.12. The summed E-state index contributed by atoms with van der Waals surface area (Å²) in [7, 11) is 2.27. The van der Waals surface area contributed by atoms with Gasteiger partial charge in [0.15, 0.2) is 0 Å². The highest BCUT2D eigenvalue weighted by Crippen LogP contribution is 2.26. The van der Waals surface area contributed by atoms with Gasteiger partial charge in [-0.1, -0.05) is 54.6 Å². The standard InChI is InChI=1S/C31H37N5.C2HF3O2/c1-34-15-5-7-25(21-34)23-36-18-16-35(17-19-36)22-24-6-4-8-28(20-24)26-11-13-27(14-12-26)31-32-29-9-2-3-10-30(29)33-31;3-2(4,5)1(6)7/h2-4,6,8-14,20,25H,5,7,15-19,21-23H2,1H3,(H,32,33);(H,6,7). The molecule has 0 spiro atoms. The maximum atomic E-state index is 10.6. The fourth-order valence-electron chi connectivity index (χ4n) is 5.93. The number of nitrogens with zero attached hydrogens (tertiary/aromatic N) is 4. The van der Waals surface area contributed by atoms with Crippen LogP contribution in [0.3, 0.4) is 0 Å². The predicted molar refractivity (Wildman–Crippen MR) is 163 cm³/mol. The summed E-state index contributed by atoms with van der Waals surface area (Å²) in [5.74, 6) is -0.983. The van der Waals surface area contributed by atoms with Crippen LogP contribution >= 0.6 is 0 Å². The topological polar surface area (TPSA) is 75.7 Å². The lowest BCUT2D eigenvalue weighted by molar-refractivity contribution is -0.192. The summed E-state index contributed by atoms with van der Waals surface area (Å²) < 4.78 is 31.7. The minimum Gasteiger partial charge on any atom is -0.475 e. The van der Waals surface area contributed by atoms with E-state index in [2.05, 4.69) is 81.3 Å². The third-order valence-electron chi connectivity index (χ3n) is 8.16. The van der Waals surface area contributed by atoms with Gasteiger partial charge in [-0.2, -0.15) is 13.2 Å². The number of aromatic amines is 1. The predicted octanol–water partition coefficient (Wildman–Crippen LogP) is 5.99. The van der Waals surface area contributed by atoms with E-state index >= 15 is 0 Å². The number of hydrogen-bond donors (Lipinski definition) is 2. The van der Waals surface area contributed by atoms with Crippen LogP contribution in [0.15, 0.2) is 72.8 Å². The molecule has 2 N–H and O–H groups in total. The molecule has 2 aliphatic heterocycles. The van der Waals surface area contributed by atoms with Crippen LogP contribution in [-0.4, -0.2) is 94.8 Å². The van der Waals surface area contributed by atoms with Gasteiger partial charge in [-0.15, -0.1) is 0 Å². The first-order chi connectivity index (χ1) is 20.6. The number of halogens is 3. The molecular formula is C33H38F3N5O2. The Bertz CT molecular complexity index is 1460. The van der Waals surface area contributed by atoms with Crippen LogP contribution < -0.4 is 0 Å². The number of carbonyl (C=O) groups is 1. The minimum absolute atomic E-state index is 0.852. The molecule has 228 valence electrons. The van der Waals surface area contributed by atoms with Crippen molar-refractivity contribution in [1.29, 1.82) is 0 Å². The number of imidazole rings is 1. The Hall–Kier alpha value is -3.73. The van der Waals surface area contributed by atoms with Crippen LogP contribution in [0.25, 0.3) is 33.5 Å². The van der Waals surface area contributed by atoms with Crippen molar-refractivity contribution in [3.63, 3.8) is 0 Å². The van der Waals surface area contributed by atoms with Gasteiger partial charge in [-0.05, 0) is 67.2 Å². The molecule has 1 unspecified atom stereocenters. The summed E-state index contributed by atoms with van der Waals surface area (Å²) >= 11 is 0. The zero-order valence-electron chi connectivity index (χ0n) is 24.4. The van der Waals surface area contributed by atoms with Crippen molar-refractivity contribution >= 4 is 17.0 Å². The van der Waals surface area contributed by atoms with E-state index in [4.69, 9.17) is 14.9 Å². The molecule has 3 heterocycles. The number of rotatable bonds is 6. The van der Waals surface area contributed by atoms with Crippen molar-refractivity contribution in [3.8, 4) is 22.5 Å². The van der Waals surface area contributed by atoms with Gasteiger partial charge in [0.05, 0.1) is 11.0 Å². The normalized spacial score (nSPS) is 18.7. The molecule has 0 saturated carbocycles. The molecule has 0 aliphatic carbocycles. The van der Waals surface area contributed by atoms with Crippen molar-refractivity contribution in [2.75, 3.05) is 52.9 Å². The molecular weight excluding hydrogens is 555 g/mol. The molecule has 0 amide bonds. The van der Waals surface area contributed by atoms with Crippen molar-refractivity contribution in [3.05, 3.63) is 78.4 Å². The summed E-state index contributed by atoms with van der Waals surface area (Å²) in [6, 6.07) is 26.0. The second-order valence-corrected chi connectivity index (χ2v) is 11.5. The van der Waals surface area contributed by atoms with Crippen molar-refractivity contribution in [1.82, 2.24) is 24.7 Å². The van der Waals surface area contributed by atoms with E-state index in [1.54, 1.807) is 0 Å². The fraction of sp³-hybridized carbons (Fsp3) is 0.394. The van der Waals surface area contributed by atoms with E-state index in [0.717, 1.165) is 34.9 Å². The summed E-state index contributed by atoms with van der Waals surface area (Å²) in [5.41, 5.74) is 7.13. The van der Waals surface area contributed by atoms with Gasteiger partial charge >= 0.3 is 12.1 Å². The molecule has 3 aromatic carbocycles. The molecule has 6 rings (SSSR count). The van der Waals surface area contributed by atoms with Gasteiger partial charge in [0, 0.05) is 51.4 Å². The number of hydrogen-bond acceptors (Lipinski definition) is 5. The number of carboxylic acid groups (broad SMARTS) is 1. The van der Waals surface area contributed by atoms with Crippen LogP contribution in [0.5, 0.6) is 0 Å². The number of fused-ring (bicyclic) bond motifs is 1. The number of likely N-dealkylation sites (tertiary alicyclic amines) is 1. The maximum absolute atomic E-state index is 10.6. The van der Waals surface area contributed by atoms with Crippen molar-refractivity contribution < 1.29 is 23.1 Å². The number of aliphatic carboxylic acids is 1. The molecule has 10 heteroatoms. The molecule has 0 bridgehead atoms. The van der Waals surface area contributed by atoms with E-state index < -0.39 is 12.1 Å². The monoisotopic (exact) mass is 593 g/mol. The molecule has 2 aliphatic rings. The number of aromatic nitrogens is 2. The Morgan fingerprint density at radius 2 is 1.58 bits per heavy atom. The number of piperidine rings is 1. The Balaban J connectivity index is 0.000000472. The van der Waals surface area contributed by atoms with Gasteiger partial charge in [0.2, 0.25) is 0 Å². The van der Waals surface area contributed by atoms with Gasteiger partial charge in [0.1, 0.15) is 5.82 Å². The molecule has 1 aromatic heterocycles. The summed E-state index contributed by atoms with van der Waals surface area (Å²) in [6.07, 6.45) is -2.32. The van der Waals surface area contributed by atoms with Crippen LogP contribution in [-0.2, 0) is 11.3 Å². The van der Waals surface area contributed by atoms with Gasteiger partial charge in [0.25, 0.3) is 0 Å². The van der Waals surface area contributed by atoms with Crippen LogP contribution in [0.2, 0.25) is 0 Å². The SMILES string of the molecule is CN1CCCC(CN2CCN(Cc3cccc(-c4ccc(-c5nc6ccccc6[nH]5)cc4)c3)CC2)C1.O=C(O)C(F)(F)F. The quantitative estimate of drug-likeness (QED) is 0.286. The number of H-pyrrole nitrogens is 1. The number of benzene rings is 3. The van der Waals surface area contributed by atoms with E-state index in [0.29, 0.717) is 0 Å². The lowest BCUT2D eigenvalue weighted by Gasteiger charge is -2.38. The van der Waals surface area contributed by atoms with Gasteiger partial charge in [-0.3, -0.25) is 4.90 Å². The van der Waals surface area contributed by atoms with Gasteiger partial charge in [-0.25, -0.2) is 9.78 Å². The third-order valence-corrected chi connectivity index (χ3v) is 8.16. The number of piperazine rings is 1. The van der Waals surface area contributed by atoms with Gasteiger partial charge < -0.3 is 19.9 Å². The lowest BCUT2D eigenvalue weighted by Crippen LogP contribution is -2.48. The number of carboxylic acids is 1. The van der Waals surface area contributed by atoms with E-state index in [9.17, 15) is 13.2 Å². The van der Waals surface area contributed by atoms with E-state index in [1.807, 2.05) is 18.2 Å². The molecule has 2 fully saturated rings. The lowest BCUT2D eigenvalue weighted by atomic mass is 9.97. The maximum Gasteiger partial charge on any atom is 0.490 e. The summed E-state index contributed by atoms with van der Waals surface area (Å²) in [6.45, 7) is 9.58. The largest absolute Gasteiger partial charge is 0.490 e. The molecule has 43 heavy (non-hydrogen) atoms. The highest BCUT2D eigenvalue weighted by atomic mass is 19.4. The Morgan fingerprint density at radius 3 is 2.26 bits per heavy atom. The van der Waals surface area contributed by atoms with Crippen molar-refractivity contribution in [2.24, 2.45) is 5.92 Å². The molecule has 0 radical (unpaired) electrons. The number of alkyl halides is 3. The second kappa shape index (κ2) is 13.7. The Kier molecular flexibility index (Phi) is 9.79. The fourth-order valence-corrected chi connectivity index (χ4v) is 5.93. The zero-order chi connectivity index (χ0) is 30.4. The highest BCUT2D eigenvalue weighted by Gasteiger charge is 2.38. The molecule has 4 aromatic rings. The average Bonchev–Trinajstić information content (AvgIpc) is 3.43. The molecule has 7 nitrogen and oxygen atoms in total. The minimum atomic E-state index is -5.08. The first-order valence-corrected chi connectivity index (χ1v) is 14.7. The zero-order valence-corrected chi connectivity index (χ0v) is 24.4. The molecule has 2 saturated heterocycles. The van der Waals surface area contributed by atoms with Crippen LogP contribution in [0, 0.1) is 5.92 Å². The first-order valence-electron chi connectivity index (χ1n) is 14.7. The highest BCUT2D eigenvalue weighted by molar-refractivity contribution is 5.79. The number of para-hydroxylation sites is 2. The van der Waals surface area contributed by atoms with Crippen molar-refractivity contribution in [2.45, 2.75) is 25.6 Å². The smallest absolute Gasteiger partial charge is 0.475 e. The Labute approximate surface area is 249 Å². The Morgan fingerprint density at radius 1 is 0.907 bits per heavy atom. The summed E-state index contributed by atoms with van der Waals surface area (Å²) in [4.78, 5) is 24.9. The second-order valence-electron chi connectivity index (χ2n) is 11.5. The van der Waals surface area contributed by atoms with E-state index in [1.165, 1.54) is 75.3 Å². The van der Waals surface area contributed by atoms with Crippen LogP contribution in [0.1, 0.15) is 18.4 Å². The van der Waals surface area contributed by atoms with E-state index in [-0.39, 0.29) is 0 Å². The third kappa shape index (κ3) is 8.43. The first kappa shape index (κ1) is 30.7. The average molecular weight is 594 g/mol. The molecule has 1 atom stereocenters.